The Kier molecular flexibility index (Phi) is 4.59. The summed E-state index contributed by atoms with van der Waals surface area (Å²) in [6.07, 6.45) is 0.734. The van der Waals surface area contributed by atoms with E-state index in [1.807, 2.05) is 30.3 Å². The third kappa shape index (κ3) is 3.35. The SMILES string of the molecule is COc1ccc2[nH]c(-c3ccc(Cl)s3)c(CCNC(C)=O)c2c1. The van der Waals surface area contributed by atoms with Crippen molar-refractivity contribution in [1.82, 2.24) is 10.3 Å². The quantitative estimate of drug-likeness (QED) is 0.724. The van der Waals surface area contributed by atoms with E-state index in [9.17, 15) is 4.79 Å². The highest BCUT2D eigenvalue weighted by Gasteiger charge is 2.15. The Hall–Kier alpha value is -1.98. The van der Waals surface area contributed by atoms with E-state index in [0.29, 0.717) is 6.54 Å². The summed E-state index contributed by atoms with van der Waals surface area (Å²) in [4.78, 5) is 15.7. The van der Waals surface area contributed by atoms with Gasteiger partial charge in [0.2, 0.25) is 5.91 Å². The summed E-state index contributed by atoms with van der Waals surface area (Å²) in [6.45, 7) is 2.11. The normalized spacial score (nSPS) is 10.9. The number of hydrogen-bond acceptors (Lipinski definition) is 3. The first-order valence-corrected chi connectivity index (χ1v) is 8.46. The predicted molar refractivity (Wildman–Crippen MR) is 95.6 cm³/mol. The monoisotopic (exact) mass is 348 g/mol. The van der Waals surface area contributed by atoms with Gasteiger partial charge in [-0.15, -0.1) is 11.3 Å². The fraction of sp³-hybridized carbons (Fsp3) is 0.235. The van der Waals surface area contributed by atoms with Gasteiger partial charge >= 0.3 is 0 Å². The minimum Gasteiger partial charge on any atom is -0.497 e. The molecule has 23 heavy (non-hydrogen) atoms. The molecule has 0 spiro atoms. The van der Waals surface area contributed by atoms with Crippen molar-refractivity contribution in [3.05, 3.63) is 40.2 Å². The third-order valence-electron chi connectivity index (χ3n) is 3.68. The van der Waals surface area contributed by atoms with Crippen molar-refractivity contribution < 1.29 is 9.53 Å². The standard InChI is InChI=1S/C17H17ClN2O2S/c1-10(21)19-8-7-12-13-9-11(22-2)3-4-14(13)20-17(12)15-5-6-16(18)23-15/h3-6,9,20H,7-8H2,1-2H3,(H,19,21). The van der Waals surface area contributed by atoms with Gasteiger partial charge in [0.15, 0.2) is 0 Å². The Morgan fingerprint density at radius 2 is 2.17 bits per heavy atom. The lowest BCUT2D eigenvalue weighted by atomic mass is 10.1. The van der Waals surface area contributed by atoms with Gasteiger partial charge in [0.05, 0.1) is 22.0 Å². The number of H-pyrrole nitrogens is 1. The molecule has 120 valence electrons. The molecule has 6 heteroatoms. The molecule has 3 rings (SSSR count). The number of methoxy groups -OCH3 is 1. The average Bonchev–Trinajstić information content (AvgIpc) is 3.10. The lowest BCUT2D eigenvalue weighted by Gasteiger charge is -2.05. The summed E-state index contributed by atoms with van der Waals surface area (Å²) in [5.41, 5.74) is 3.25. The van der Waals surface area contributed by atoms with E-state index >= 15 is 0 Å². The first-order valence-electron chi connectivity index (χ1n) is 7.27. The Balaban J connectivity index is 2.07. The minimum atomic E-state index is -0.0249. The number of rotatable bonds is 5. The van der Waals surface area contributed by atoms with Crippen molar-refractivity contribution in [2.75, 3.05) is 13.7 Å². The van der Waals surface area contributed by atoms with Crippen LogP contribution in [0.5, 0.6) is 5.75 Å². The smallest absolute Gasteiger partial charge is 0.216 e. The zero-order chi connectivity index (χ0) is 16.4. The molecule has 1 aromatic carbocycles. The highest BCUT2D eigenvalue weighted by Crippen LogP contribution is 2.37. The molecule has 2 aromatic heterocycles. The number of aromatic amines is 1. The molecule has 2 N–H and O–H groups in total. The number of ether oxygens (including phenoxy) is 1. The molecule has 2 heterocycles. The van der Waals surface area contributed by atoms with Crippen molar-refractivity contribution in [2.45, 2.75) is 13.3 Å². The van der Waals surface area contributed by atoms with Gasteiger partial charge in [-0.2, -0.15) is 0 Å². The number of halogens is 1. The molecule has 4 nitrogen and oxygen atoms in total. The van der Waals surface area contributed by atoms with E-state index in [1.54, 1.807) is 7.11 Å². The van der Waals surface area contributed by atoms with Crippen LogP contribution in [0, 0.1) is 0 Å². The van der Waals surface area contributed by atoms with E-state index in [1.165, 1.54) is 18.3 Å². The van der Waals surface area contributed by atoms with E-state index in [-0.39, 0.29) is 5.91 Å². The van der Waals surface area contributed by atoms with Crippen molar-refractivity contribution >= 4 is 39.7 Å². The van der Waals surface area contributed by atoms with E-state index in [2.05, 4.69) is 10.3 Å². The number of amides is 1. The lowest BCUT2D eigenvalue weighted by molar-refractivity contribution is -0.118. The van der Waals surface area contributed by atoms with Gasteiger partial charge in [-0.1, -0.05) is 11.6 Å². The van der Waals surface area contributed by atoms with E-state index < -0.39 is 0 Å². The summed E-state index contributed by atoms with van der Waals surface area (Å²) >= 11 is 7.62. The number of nitrogens with one attached hydrogen (secondary N) is 2. The van der Waals surface area contributed by atoms with Crippen LogP contribution in [-0.2, 0) is 11.2 Å². The summed E-state index contributed by atoms with van der Waals surface area (Å²) in [7, 11) is 1.66. The van der Waals surface area contributed by atoms with Crippen LogP contribution in [0.15, 0.2) is 30.3 Å². The maximum absolute atomic E-state index is 11.1. The van der Waals surface area contributed by atoms with E-state index in [0.717, 1.165) is 43.5 Å². The van der Waals surface area contributed by atoms with Crippen molar-refractivity contribution in [2.24, 2.45) is 0 Å². The average molecular weight is 349 g/mol. The zero-order valence-electron chi connectivity index (χ0n) is 12.9. The number of carbonyl (C=O) groups is 1. The molecule has 0 atom stereocenters. The molecular formula is C17H17ClN2O2S. The lowest BCUT2D eigenvalue weighted by Crippen LogP contribution is -2.22. The molecule has 0 fully saturated rings. The number of benzene rings is 1. The van der Waals surface area contributed by atoms with E-state index in [4.69, 9.17) is 16.3 Å². The van der Waals surface area contributed by atoms with Crippen LogP contribution in [0.1, 0.15) is 12.5 Å². The van der Waals surface area contributed by atoms with Gasteiger partial charge in [-0.25, -0.2) is 0 Å². The molecule has 0 saturated heterocycles. The minimum absolute atomic E-state index is 0.0249. The molecule has 0 aliphatic heterocycles. The maximum Gasteiger partial charge on any atom is 0.216 e. The Bertz CT molecular complexity index is 854. The molecule has 0 aliphatic carbocycles. The Morgan fingerprint density at radius 1 is 1.35 bits per heavy atom. The fourth-order valence-corrected chi connectivity index (χ4v) is 3.71. The molecular weight excluding hydrogens is 332 g/mol. The van der Waals surface area contributed by atoms with Crippen LogP contribution in [-0.4, -0.2) is 24.5 Å². The fourth-order valence-electron chi connectivity index (χ4n) is 2.64. The molecule has 0 unspecified atom stereocenters. The number of fused-ring (bicyclic) bond motifs is 1. The van der Waals surface area contributed by atoms with Gasteiger partial charge in [-0.3, -0.25) is 4.79 Å². The van der Waals surface area contributed by atoms with Crippen LogP contribution in [0.2, 0.25) is 4.34 Å². The van der Waals surface area contributed by atoms with Crippen LogP contribution in [0.4, 0.5) is 0 Å². The molecule has 0 saturated carbocycles. The molecule has 0 radical (unpaired) electrons. The van der Waals surface area contributed by atoms with Gasteiger partial charge in [-0.05, 0) is 42.3 Å². The predicted octanol–water partition coefficient (Wildman–Crippen LogP) is 4.24. The van der Waals surface area contributed by atoms with Crippen molar-refractivity contribution in [1.29, 1.82) is 0 Å². The highest BCUT2D eigenvalue weighted by molar-refractivity contribution is 7.19. The van der Waals surface area contributed by atoms with Crippen molar-refractivity contribution in [3.8, 4) is 16.3 Å². The van der Waals surface area contributed by atoms with Crippen LogP contribution in [0.25, 0.3) is 21.5 Å². The zero-order valence-corrected chi connectivity index (χ0v) is 14.5. The Morgan fingerprint density at radius 3 is 2.83 bits per heavy atom. The topological polar surface area (TPSA) is 54.1 Å². The number of aromatic nitrogens is 1. The molecule has 0 aliphatic rings. The van der Waals surface area contributed by atoms with Crippen molar-refractivity contribution in [3.63, 3.8) is 0 Å². The number of carbonyl (C=O) groups excluding carboxylic acids is 1. The summed E-state index contributed by atoms with van der Waals surface area (Å²) in [6, 6.07) is 9.87. The third-order valence-corrected chi connectivity index (χ3v) is 4.93. The summed E-state index contributed by atoms with van der Waals surface area (Å²) < 4.78 is 6.09. The van der Waals surface area contributed by atoms with Crippen LogP contribution >= 0.6 is 22.9 Å². The second kappa shape index (κ2) is 6.64. The molecule has 3 aromatic rings. The summed E-state index contributed by atoms with van der Waals surface area (Å²) in [5, 5.41) is 3.96. The summed E-state index contributed by atoms with van der Waals surface area (Å²) in [5.74, 6) is 0.788. The van der Waals surface area contributed by atoms with Gasteiger partial charge in [0.1, 0.15) is 5.75 Å². The van der Waals surface area contributed by atoms with Gasteiger partial charge in [0.25, 0.3) is 0 Å². The molecule has 1 amide bonds. The Labute approximate surface area is 143 Å². The second-order valence-electron chi connectivity index (χ2n) is 5.23. The largest absolute Gasteiger partial charge is 0.497 e. The first-order chi connectivity index (χ1) is 11.1. The first kappa shape index (κ1) is 15.9. The van der Waals surface area contributed by atoms with Gasteiger partial charge < -0.3 is 15.0 Å². The number of hydrogen-bond donors (Lipinski definition) is 2. The second-order valence-corrected chi connectivity index (χ2v) is 6.94. The molecule has 0 bridgehead atoms. The number of thiophene rings is 1. The maximum atomic E-state index is 11.1. The van der Waals surface area contributed by atoms with Gasteiger partial charge in [0, 0.05) is 24.4 Å². The highest BCUT2D eigenvalue weighted by atomic mass is 35.5. The van der Waals surface area contributed by atoms with Crippen LogP contribution < -0.4 is 10.1 Å². The van der Waals surface area contributed by atoms with Crippen LogP contribution in [0.3, 0.4) is 0 Å².